The molecule has 2 aromatic rings. The number of aryl methyl sites for hydroxylation is 3. The van der Waals surface area contributed by atoms with E-state index in [0.717, 1.165) is 16.7 Å². The van der Waals surface area contributed by atoms with Crippen LogP contribution in [0, 0.1) is 13.8 Å². The van der Waals surface area contributed by atoms with E-state index in [0.29, 0.717) is 43.7 Å². The maximum Gasteiger partial charge on any atom is 0.253 e. The largest absolute Gasteiger partial charge is 0.336 e. The summed E-state index contributed by atoms with van der Waals surface area (Å²) in [6.45, 7) is 5.33. The fourth-order valence-corrected chi connectivity index (χ4v) is 6.88. The van der Waals surface area contributed by atoms with E-state index in [4.69, 9.17) is 0 Å². The highest BCUT2D eigenvalue weighted by molar-refractivity contribution is 7.92. The first-order valence-electron chi connectivity index (χ1n) is 11.0. The van der Waals surface area contributed by atoms with Crippen LogP contribution >= 0.6 is 0 Å². The Balaban J connectivity index is 1.47. The average Bonchev–Trinajstić information content (AvgIpc) is 2.79. The predicted octanol–water partition coefficient (Wildman–Crippen LogP) is 2.16. The number of carbonyl (C=O) groups excluding carboxylic acids is 1. The quantitative estimate of drug-likeness (QED) is 0.653. The van der Waals surface area contributed by atoms with Gasteiger partial charge in [0.05, 0.1) is 16.8 Å². The Morgan fingerprint density at radius 2 is 1.55 bits per heavy atom. The topological polar surface area (TPSA) is 95.1 Å². The minimum Gasteiger partial charge on any atom is -0.336 e. The van der Waals surface area contributed by atoms with Gasteiger partial charge in [0, 0.05) is 38.3 Å². The number of nitrogens with zero attached hydrogens (tertiary/aromatic N) is 3. The molecule has 0 N–H and O–H groups in total. The summed E-state index contributed by atoms with van der Waals surface area (Å²) in [5, 5.41) is 0. The van der Waals surface area contributed by atoms with E-state index >= 15 is 0 Å². The zero-order chi connectivity index (χ0) is 24.0. The second-order valence-corrected chi connectivity index (χ2v) is 12.6. The van der Waals surface area contributed by atoms with Crippen molar-refractivity contribution >= 4 is 31.6 Å². The third-order valence-corrected chi connectivity index (χ3v) is 9.52. The van der Waals surface area contributed by atoms with E-state index in [9.17, 15) is 21.6 Å². The summed E-state index contributed by atoms with van der Waals surface area (Å²) in [6.07, 6.45) is 2.60. The van der Waals surface area contributed by atoms with Gasteiger partial charge in [0.25, 0.3) is 5.91 Å². The molecule has 33 heavy (non-hydrogen) atoms. The number of fused-ring (bicyclic) bond motifs is 1. The van der Waals surface area contributed by atoms with Crippen molar-refractivity contribution in [3.05, 3.63) is 58.7 Å². The highest BCUT2D eigenvalue weighted by atomic mass is 32.2. The lowest BCUT2D eigenvalue weighted by Crippen LogP contribution is -2.50. The van der Waals surface area contributed by atoms with Crippen molar-refractivity contribution in [1.29, 1.82) is 0 Å². The van der Waals surface area contributed by atoms with Gasteiger partial charge < -0.3 is 4.90 Å². The molecule has 0 aromatic heterocycles. The standard InChI is InChI=1S/C23H29N3O5S2/c1-17-6-8-21(15-18(17)2)33(30,31)25-13-11-24(12-14-25)23(27)20-7-9-22-19(16-20)5-4-10-26(22)32(3,28)29/h6-9,15-16H,4-5,10-14H2,1-3H3. The molecule has 1 saturated heterocycles. The smallest absolute Gasteiger partial charge is 0.253 e. The Kier molecular flexibility index (Phi) is 6.28. The van der Waals surface area contributed by atoms with Crippen LogP contribution < -0.4 is 4.31 Å². The lowest BCUT2D eigenvalue weighted by Gasteiger charge is -2.34. The number of sulfonamides is 2. The second-order valence-electron chi connectivity index (χ2n) is 8.72. The van der Waals surface area contributed by atoms with Crippen molar-refractivity contribution < 1.29 is 21.6 Å². The van der Waals surface area contributed by atoms with Gasteiger partial charge >= 0.3 is 0 Å². The molecule has 0 bridgehead atoms. The van der Waals surface area contributed by atoms with Crippen LogP contribution in [-0.4, -0.2) is 70.9 Å². The third-order valence-electron chi connectivity index (χ3n) is 6.44. The Morgan fingerprint density at radius 3 is 2.18 bits per heavy atom. The molecule has 2 aliphatic heterocycles. The highest BCUT2D eigenvalue weighted by Crippen LogP contribution is 2.30. The number of carbonyl (C=O) groups is 1. The van der Waals surface area contributed by atoms with Gasteiger partial charge in [0.2, 0.25) is 20.0 Å². The van der Waals surface area contributed by atoms with Crippen molar-refractivity contribution in [2.24, 2.45) is 0 Å². The molecule has 0 aliphatic carbocycles. The molecule has 0 spiro atoms. The number of rotatable bonds is 4. The molecule has 8 nitrogen and oxygen atoms in total. The van der Waals surface area contributed by atoms with Crippen LogP contribution in [0.1, 0.15) is 33.5 Å². The van der Waals surface area contributed by atoms with Crippen LogP contribution in [0.3, 0.4) is 0 Å². The molecular weight excluding hydrogens is 462 g/mol. The van der Waals surface area contributed by atoms with Crippen LogP contribution in [0.15, 0.2) is 41.3 Å². The second kappa shape index (κ2) is 8.73. The molecule has 2 heterocycles. The minimum absolute atomic E-state index is 0.169. The summed E-state index contributed by atoms with van der Waals surface area (Å²) in [4.78, 5) is 15.0. The van der Waals surface area contributed by atoms with Gasteiger partial charge in [-0.15, -0.1) is 0 Å². The van der Waals surface area contributed by atoms with E-state index in [1.165, 1.54) is 14.9 Å². The highest BCUT2D eigenvalue weighted by Gasteiger charge is 2.31. The molecule has 0 radical (unpaired) electrons. The Morgan fingerprint density at radius 1 is 0.848 bits per heavy atom. The van der Waals surface area contributed by atoms with Crippen LogP contribution in [0.25, 0.3) is 0 Å². The van der Waals surface area contributed by atoms with Crippen molar-refractivity contribution in [3.8, 4) is 0 Å². The van der Waals surface area contributed by atoms with E-state index in [1.54, 1.807) is 35.2 Å². The van der Waals surface area contributed by atoms with Gasteiger partial charge in [-0.1, -0.05) is 6.07 Å². The van der Waals surface area contributed by atoms with E-state index in [1.807, 2.05) is 19.9 Å². The first kappa shape index (κ1) is 23.7. The number of piperazine rings is 1. The molecular formula is C23H29N3O5S2. The van der Waals surface area contributed by atoms with Gasteiger partial charge in [-0.05, 0) is 73.7 Å². The monoisotopic (exact) mass is 491 g/mol. The fraction of sp³-hybridized carbons (Fsp3) is 0.435. The van der Waals surface area contributed by atoms with Crippen LogP contribution in [0.5, 0.6) is 0 Å². The van der Waals surface area contributed by atoms with Gasteiger partial charge in [-0.25, -0.2) is 16.8 Å². The molecule has 2 aromatic carbocycles. The normalized spacial score (nSPS) is 17.7. The number of hydrogen-bond donors (Lipinski definition) is 0. The molecule has 0 unspecified atom stereocenters. The van der Waals surface area contributed by atoms with E-state index in [2.05, 4.69) is 0 Å². The maximum atomic E-state index is 13.1. The van der Waals surface area contributed by atoms with E-state index < -0.39 is 20.0 Å². The SMILES string of the molecule is Cc1ccc(S(=O)(=O)N2CCN(C(=O)c3ccc4c(c3)CCCN4S(C)(=O)=O)CC2)cc1C. The summed E-state index contributed by atoms with van der Waals surface area (Å²) in [6, 6.07) is 10.2. The first-order chi connectivity index (χ1) is 15.5. The Bertz CT molecular complexity index is 1300. The number of anilines is 1. The summed E-state index contributed by atoms with van der Waals surface area (Å²) in [5.74, 6) is -0.169. The average molecular weight is 492 g/mol. The van der Waals surface area contributed by atoms with Gasteiger partial charge in [0.15, 0.2) is 0 Å². The lowest BCUT2D eigenvalue weighted by molar-refractivity contribution is 0.0698. The Hall–Kier alpha value is -2.43. The van der Waals surface area contributed by atoms with Crippen molar-refractivity contribution in [1.82, 2.24) is 9.21 Å². The molecule has 1 fully saturated rings. The fourth-order valence-electron chi connectivity index (χ4n) is 4.38. The van der Waals surface area contributed by atoms with Crippen molar-refractivity contribution in [2.75, 3.05) is 43.3 Å². The van der Waals surface area contributed by atoms with Crippen molar-refractivity contribution in [3.63, 3.8) is 0 Å². The first-order valence-corrected chi connectivity index (χ1v) is 14.2. The lowest BCUT2D eigenvalue weighted by atomic mass is 10.00. The molecule has 0 saturated carbocycles. The van der Waals surface area contributed by atoms with Crippen molar-refractivity contribution in [2.45, 2.75) is 31.6 Å². The molecule has 1 amide bonds. The summed E-state index contributed by atoms with van der Waals surface area (Å²) in [5.41, 5.74) is 3.92. The predicted molar refractivity (Wildman–Crippen MR) is 128 cm³/mol. The number of benzene rings is 2. The third kappa shape index (κ3) is 4.64. The van der Waals surface area contributed by atoms with Gasteiger partial charge in [0.1, 0.15) is 0 Å². The number of amides is 1. The van der Waals surface area contributed by atoms with Gasteiger partial charge in [-0.2, -0.15) is 4.31 Å². The maximum absolute atomic E-state index is 13.1. The van der Waals surface area contributed by atoms with Crippen LogP contribution in [0.2, 0.25) is 0 Å². The summed E-state index contributed by atoms with van der Waals surface area (Å²) < 4.78 is 53.0. The molecule has 178 valence electrons. The minimum atomic E-state index is -3.61. The zero-order valence-corrected chi connectivity index (χ0v) is 20.7. The molecule has 4 rings (SSSR count). The summed E-state index contributed by atoms with van der Waals surface area (Å²) >= 11 is 0. The molecule has 2 aliphatic rings. The summed E-state index contributed by atoms with van der Waals surface area (Å²) in [7, 11) is -6.98. The molecule has 0 atom stereocenters. The zero-order valence-electron chi connectivity index (χ0n) is 19.1. The Labute approximate surface area is 195 Å². The van der Waals surface area contributed by atoms with Gasteiger partial charge in [-0.3, -0.25) is 9.10 Å². The van der Waals surface area contributed by atoms with Crippen LogP contribution in [-0.2, 0) is 26.5 Å². The van der Waals surface area contributed by atoms with Crippen LogP contribution in [0.4, 0.5) is 5.69 Å². The number of hydrogen-bond acceptors (Lipinski definition) is 5. The molecule has 10 heteroatoms. The van der Waals surface area contributed by atoms with E-state index in [-0.39, 0.29) is 23.9 Å².